The van der Waals surface area contributed by atoms with E-state index in [0.29, 0.717) is 6.04 Å². The fourth-order valence-electron chi connectivity index (χ4n) is 2.69. The Bertz CT molecular complexity index is 768. The van der Waals surface area contributed by atoms with Gasteiger partial charge in [0.05, 0.1) is 5.69 Å². The van der Waals surface area contributed by atoms with Crippen molar-refractivity contribution < 1.29 is 8.94 Å². The van der Waals surface area contributed by atoms with Crippen LogP contribution in [0.1, 0.15) is 31.0 Å². The molecule has 2 heterocycles. The van der Waals surface area contributed by atoms with Crippen LogP contribution in [0.2, 0.25) is 0 Å². The molecule has 2 aromatic heterocycles. The summed E-state index contributed by atoms with van der Waals surface area (Å²) in [6, 6.07) is 10.7. The lowest BCUT2D eigenvalue weighted by atomic mass is 10.1. The van der Waals surface area contributed by atoms with Crippen LogP contribution < -0.4 is 5.32 Å². The predicted molar refractivity (Wildman–Crippen MR) is 81.0 cm³/mol. The summed E-state index contributed by atoms with van der Waals surface area (Å²) in [5.74, 6) is 1.53. The molecule has 4 nitrogen and oxygen atoms in total. The standard InChI is InChI=1S/C17H18N2O2/c1-2-13-14-5-3-4-6-15(14)20-17(13)16-9-12(19-21-16)10-18-11-7-8-11/h3-6,9,11,18H,2,7-8,10H2,1H3. The second-order valence-electron chi connectivity index (χ2n) is 5.60. The Morgan fingerprint density at radius 2 is 2.14 bits per heavy atom. The van der Waals surface area contributed by atoms with Crippen molar-refractivity contribution >= 4 is 11.0 Å². The van der Waals surface area contributed by atoms with E-state index in [1.807, 2.05) is 24.3 Å². The van der Waals surface area contributed by atoms with Crippen LogP contribution in [0, 0.1) is 0 Å². The summed E-state index contributed by atoms with van der Waals surface area (Å²) in [6.07, 6.45) is 3.45. The van der Waals surface area contributed by atoms with Gasteiger partial charge in [-0.3, -0.25) is 0 Å². The third-order valence-electron chi connectivity index (χ3n) is 3.98. The molecule has 1 fully saturated rings. The third-order valence-corrected chi connectivity index (χ3v) is 3.98. The van der Waals surface area contributed by atoms with Crippen LogP contribution in [-0.4, -0.2) is 11.2 Å². The number of fused-ring (bicyclic) bond motifs is 1. The lowest BCUT2D eigenvalue weighted by Gasteiger charge is -1.96. The molecular weight excluding hydrogens is 264 g/mol. The summed E-state index contributed by atoms with van der Waals surface area (Å²) in [5.41, 5.74) is 3.02. The van der Waals surface area contributed by atoms with Gasteiger partial charge in [0.15, 0.2) is 5.76 Å². The van der Waals surface area contributed by atoms with E-state index < -0.39 is 0 Å². The molecule has 1 aliphatic rings. The number of hydrogen-bond acceptors (Lipinski definition) is 4. The zero-order chi connectivity index (χ0) is 14.2. The van der Waals surface area contributed by atoms with Gasteiger partial charge in [-0.1, -0.05) is 30.3 Å². The van der Waals surface area contributed by atoms with Gasteiger partial charge in [0.1, 0.15) is 5.58 Å². The van der Waals surface area contributed by atoms with Crippen molar-refractivity contribution in [1.82, 2.24) is 10.5 Å². The van der Waals surface area contributed by atoms with E-state index in [9.17, 15) is 0 Å². The predicted octanol–water partition coefficient (Wildman–Crippen LogP) is 3.90. The average Bonchev–Trinajstić information content (AvgIpc) is 3.10. The molecule has 1 saturated carbocycles. The molecule has 0 aliphatic heterocycles. The van der Waals surface area contributed by atoms with Crippen LogP contribution in [0.5, 0.6) is 0 Å². The summed E-state index contributed by atoms with van der Waals surface area (Å²) < 4.78 is 11.5. The highest BCUT2D eigenvalue weighted by Gasteiger charge is 2.22. The van der Waals surface area contributed by atoms with Crippen molar-refractivity contribution in [3.63, 3.8) is 0 Å². The summed E-state index contributed by atoms with van der Waals surface area (Å²) >= 11 is 0. The molecule has 0 bridgehead atoms. The molecule has 3 aromatic rings. The van der Waals surface area contributed by atoms with Crippen LogP contribution in [0.15, 0.2) is 39.3 Å². The first-order chi connectivity index (χ1) is 10.3. The van der Waals surface area contributed by atoms with Crippen molar-refractivity contribution in [2.24, 2.45) is 0 Å². The number of aryl methyl sites for hydroxylation is 1. The van der Waals surface area contributed by atoms with Gasteiger partial charge in [-0.15, -0.1) is 0 Å². The van der Waals surface area contributed by atoms with Gasteiger partial charge in [0.25, 0.3) is 0 Å². The second kappa shape index (κ2) is 5.04. The first-order valence-electron chi connectivity index (χ1n) is 7.55. The van der Waals surface area contributed by atoms with Gasteiger partial charge in [0, 0.05) is 29.6 Å². The number of hydrogen-bond donors (Lipinski definition) is 1. The van der Waals surface area contributed by atoms with Crippen molar-refractivity contribution in [2.75, 3.05) is 0 Å². The minimum Gasteiger partial charge on any atom is -0.452 e. The van der Waals surface area contributed by atoms with Crippen LogP contribution in [-0.2, 0) is 13.0 Å². The molecule has 1 aromatic carbocycles. The first-order valence-corrected chi connectivity index (χ1v) is 7.55. The lowest BCUT2D eigenvalue weighted by Crippen LogP contribution is -2.15. The minimum atomic E-state index is 0.669. The maximum absolute atomic E-state index is 5.97. The summed E-state index contributed by atoms with van der Waals surface area (Å²) in [5, 5.41) is 8.74. The molecule has 0 unspecified atom stereocenters. The van der Waals surface area contributed by atoms with Crippen molar-refractivity contribution in [3.8, 4) is 11.5 Å². The van der Waals surface area contributed by atoms with Gasteiger partial charge in [0.2, 0.25) is 5.76 Å². The van der Waals surface area contributed by atoms with E-state index in [1.54, 1.807) is 0 Å². The van der Waals surface area contributed by atoms with Gasteiger partial charge in [-0.05, 0) is 25.3 Å². The molecule has 21 heavy (non-hydrogen) atoms. The van der Waals surface area contributed by atoms with Crippen molar-refractivity contribution in [3.05, 3.63) is 41.6 Å². The van der Waals surface area contributed by atoms with Gasteiger partial charge in [-0.25, -0.2) is 0 Å². The van der Waals surface area contributed by atoms with E-state index in [-0.39, 0.29) is 0 Å². The normalized spacial score (nSPS) is 14.9. The fraction of sp³-hybridized carbons (Fsp3) is 0.353. The van der Waals surface area contributed by atoms with E-state index in [4.69, 9.17) is 8.94 Å². The smallest absolute Gasteiger partial charge is 0.202 e. The van der Waals surface area contributed by atoms with E-state index >= 15 is 0 Å². The number of rotatable bonds is 5. The van der Waals surface area contributed by atoms with Crippen molar-refractivity contribution in [1.29, 1.82) is 0 Å². The Balaban J connectivity index is 1.68. The SMILES string of the molecule is CCc1c(-c2cc(CNC3CC3)no2)oc2ccccc12. The van der Waals surface area contributed by atoms with E-state index in [0.717, 1.165) is 41.1 Å². The van der Waals surface area contributed by atoms with Gasteiger partial charge in [-0.2, -0.15) is 0 Å². The number of furan rings is 1. The summed E-state index contributed by atoms with van der Waals surface area (Å²) in [7, 11) is 0. The highest BCUT2D eigenvalue weighted by Crippen LogP contribution is 2.34. The molecule has 108 valence electrons. The quantitative estimate of drug-likeness (QED) is 0.771. The topological polar surface area (TPSA) is 51.2 Å². The molecule has 4 rings (SSSR count). The maximum Gasteiger partial charge on any atom is 0.202 e. The molecule has 0 saturated heterocycles. The molecule has 0 atom stereocenters. The van der Waals surface area contributed by atoms with Crippen LogP contribution in [0.4, 0.5) is 0 Å². The average molecular weight is 282 g/mol. The molecule has 0 amide bonds. The van der Waals surface area contributed by atoms with E-state index in [1.165, 1.54) is 18.4 Å². The fourth-order valence-corrected chi connectivity index (χ4v) is 2.69. The van der Waals surface area contributed by atoms with Crippen LogP contribution in [0.3, 0.4) is 0 Å². The molecule has 0 spiro atoms. The lowest BCUT2D eigenvalue weighted by molar-refractivity contribution is 0.409. The largest absolute Gasteiger partial charge is 0.452 e. The molecule has 1 aliphatic carbocycles. The summed E-state index contributed by atoms with van der Waals surface area (Å²) in [4.78, 5) is 0. The molecule has 4 heteroatoms. The molecular formula is C17H18N2O2. The Morgan fingerprint density at radius 1 is 1.29 bits per heavy atom. The Labute approximate surface area is 123 Å². The zero-order valence-electron chi connectivity index (χ0n) is 12.1. The number of benzene rings is 1. The molecule has 1 N–H and O–H groups in total. The number of nitrogens with zero attached hydrogens (tertiary/aromatic N) is 1. The Morgan fingerprint density at radius 3 is 2.95 bits per heavy atom. The highest BCUT2D eigenvalue weighted by molar-refractivity contribution is 5.87. The van der Waals surface area contributed by atoms with Gasteiger partial charge < -0.3 is 14.3 Å². The van der Waals surface area contributed by atoms with Gasteiger partial charge >= 0.3 is 0 Å². The second-order valence-corrected chi connectivity index (χ2v) is 5.60. The third kappa shape index (κ3) is 2.36. The monoisotopic (exact) mass is 282 g/mol. The first kappa shape index (κ1) is 12.7. The zero-order valence-corrected chi connectivity index (χ0v) is 12.1. The Kier molecular flexibility index (Phi) is 3.04. The Hall–Kier alpha value is -2.07. The van der Waals surface area contributed by atoms with Crippen LogP contribution in [0.25, 0.3) is 22.5 Å². The van der Waals surface area contributed by atoms with Crippen molar-refractivity contribution in [2.45, 2.75) is 38.8 Å². The molecule has 0 radical (unpaired) electrons. The van der Waals surface area contributed by atoms with Crippen LogP contribution >= 0.6 is 0 Å². The minimum absolute atomic E-state index is 0.669. The van der Waals surface area contributed by atoms with E-state index in [2.05, 4.69) is 23.5 Å². The highest BCUT2D eigenvalue weighted by atomic mass is 16.5. The number of nitrogens with one attached hydrogen (secondary N) is 1. The summed E-state index contributed by atoms with van der Waals surface area (Å²) in [6.45, 7) is 2.89. The number of aromatic nitrogens is 1. The maximum atomic E-state index is 5.97. The number of para-hydroxylation sites is 1.